The van der Waals surface area contributed by atoms with Crippen LogP contribution >= 0.6 is 11.3 Å². The lowest BCUT2D eigenvalue weighted by Gasteiger charge is -2.10. The van der Waals surface area contributed by atoms with Crippen molar-refractivity contribution in [2.45, 2.75) is 32.9 Å². The van der Waals surface area contributed by atoms with Gasteiger partial charge < -0.3 is 9.88 Å². The van der Waals surface area contributed by atoms with E-state index in [4.69, 9.17) is 0 Å². The molecule has 2 rings (SSSR count). The minimum atomic E-state index is 0.247. The van der Waals surface area contributed by atoms with Crippen molar-refractivity contribution in [2.24, 2.45) is 7.05 Å². The first kappa shape index (κ1) is 12.2. The molecule has 0 radical (unpaired) electrons. The zero-order valence-corrected chi connectivity index (χ0v) is 11.2. The molecule has 0 aliphatic carbocycles. The number of aryl methyl sites for hydroxylation is 2. The van der Waals surface area contributed by atoms with Gasteiger partial charge in [-0.2, -0.15) is 0 Å². The van der Waals surface area contributed by atoms with Crippen LogP contribution in [0.4, 0.5) is 0 Å². The predicted octanol–water partition coefficient (Wildman–Crippen LogP) is 1.68. The summed E-state index contributed by atoms with van der Waals surface area (Å²) in [6.07, 6.45) is 4.72. The van der Waals surface area contributed by atoms with Crippen LogP contribution in [0.15, 0.2) is 12.5 Å². The highest BCUT2D eigenvalue weighted by atomic mass is 32.1. The molecule has 0 amide bonds. The molecular weight excluding hydrogens is 234 g/mol. The van der Waals surface area contributed by atoms with Gasteiger partial charge in [0.25, 0.3) is 0 Å². The van der Waals surface area contributed by atoms with Crippen LogP contribution in [0.2, 0.25) is 0 Å². The van der Waals surface area contributed by atoms with E-state index in [0.717, 1.165) is 17.3 Å². The fraction of sp³-hybridized carbons (Fsp3) is 0.545. The Hall–Kier alpha value is -1.27. The lowest BCUT2D eigenvalue weighted by atomic mass is 10.3. The first-order valence-electron chi connectivity index (χ1n) is 5.71. The summed E-state index contributed by atoms with van der Waals surface area (Å²) in [5, 5.41) is 12.4. The standard InChI is InChI=1S/C11H17N5S/c1-4-9-5-13-11(17-9)8(2)12-6-10-15-14-7-16(10)3/h5,7-8,12H,4,6H2,1-3H3. The quantitative estimate of drug-likeness (QED) is 0.878. The molecule has 92 valence electrons. The van der Waals surface area contributed by atoms with E-state index in [0.29, 0.717) is 6.54 Å². The molecule has 0 aromatic carbocycles. The summed E-state index contributed by atoms with van der Waals surface area (Å²) in [6, 6.07) is 0.247. The van der Waals surface area contributed by atoms with E-state index in [1.54, 1.807) is 17.7 Å². The van der Waals surface area contributed by atoms with E-state index < -0.39 is 0 Å². The van der Waals surface area contributed by atoms with Gasteiger partial charge in [0.05, 0.1) is 12.6 Å². The summed E-state index contributed by atoms with van der Waals surface area (Å²) in [7, 11) is 1.94. The normalized spacial score (nSPS) is 12.9. The fourth-order valence-corrected chi connectivity index (χ4v) is 2.37. The third kappa shape index (κ3) is 2.89. The number of rotatable bonds is 5. The van der Waals surface area contributed by atoms with Crippen LogP contribution in [0.25, 0.3) is 0 Å². The Bertz CT molecular complexity index is 476. The number of hydrogen-bond donors (Lipinski definition) is 1. The Kier molecular flexibility index (Phi) is 3.86. The molecule has 2 heterocycles. The van der Waals surface area contributed by atoms with Gasteiger partial charge in [0.15, 0.2) is 0 Å². The van der Waals surface area contributed by atoms with Crippen molar-refractivity contribution in [2.75, 3.05) is 0 Å². The van der Waals surface area contributed by atoms with Gasteiger partial charge in [0, 0.05) is 18.1 Å². The van der Waals surface area contributed by atoms with Crippen molar-refractivity contribution in [3.8, 4) is 0 Å². The average molecular weight is 251 g/mol. The van der Waals surface area contributed by atoms with E-state index in [1.165, 1.54) is 4.88 Å². The SMILES string of the molecule is CCc1cnc(C(C)NCc2nncn2C)s1. The monoisotopic (exact) mass is 251 g/mol. The van der Waals surface area contributed by atoms with Crippen molar-refractivity contribution < 1.29 is 0 Å². The van der Waals surface area contributed by atoms with E-state index in [1.807, 2.05) is 17.8 Å². The summed E-state index contributed by atoms with van der Waals surface area (Å²) < 4.78 is 1.92. The third-order valence-corrected chi connectivity index (χ3v) is 3.99. The van der Waals surface area contributed by atoms with Crippen LogP contribution in [0.3, 0.4) is 0 Å². The molecule has 1 unspecified atom stereocenters. The highest BCUT2D eigenvalue weighted by Crippen LogP contribution is 2.20. The molecule has 0 fully saturated rings. The maximum Gasteiger partial charge on any atom is 0.146 e. The van der Waals surface area contributed by atoms with Crippen LogP contribution in [-0.4, -0.2) is 19.7 Å². The second kappa shape index (κ2) is 5.37. The minimum Gasteiger partial charge on any atom is -0.320 e. The van der Waals surface area contributed by atoms with Crippen molar-refractivity contribution in [3.05, 3.63) is 28.2 Å². The van der Waals surface area contributed by atoms with E-state index in [9.17, 15) is 0 Å². The van der Waals surface area contributed by atoms with Crippen LogP contribution in [0.5, 0.6) is 0 Å². The maximum absolute atomic E-state index is 4.42. The lowest BCUT2D eigenvalue weighted by molar-refractivity contribution is 0.546. The summed E-state index contributed by atoms with van der Waals surface area (Å²) in [5.41, 5.74) is 0. The van der Waals surface area contributed by atoms with E-state index in [-0.39, 0.29) is 6.04 Å². The van der Waals surface area contributed by atoms with Gasteiger partial charge in [-0.25, -0.2) is 4.98 Å². The van der Waals surface area contributed by atoms with Crippen LogP contribution in [0, 0.1) is 0 Å². The molecule has 0 spiro atoms. The maximum atomic E-state index is 4.42. The predicted molar refractivity (Wildman–Crippen MR) is 67.7 cm³/mol. The van der Waals surface area contributed by atoms with Gasteiger partial charge in [-0.15, -0.1) is 21.5 Å². The van der Waals surface area contributed by atoms with Gasteiger partial charge >= 0.3 is 0 Å². The zero-order valence-electron chi connectivity index (χ0n) is 10.3. The number of thiazole rings is 1. The Labute approximate surface area is 105 Å². The molecule has 0 bridgehead atoms. The van der Waals surface area contributed by atoms with Gasteiger partial charge in [-0.1, -0.05) is 6.92 Å². The van der Waals surface area contributed by atoms with Crippen molar-refractivity contribution in [3.63, 3.8) is 0 Å². The number of aromatic nitrogens is 4. The number of nitrogens with zero attached hydrogens (tertiary/aromatic N) is 4. The lowest BCUT2D eigenvalue weighted by Crippen LogP contribution is -2.20. The zero-order chi connectivity index (χ0) is 12.3. The molecule has 2 aromatic rings. The molecular formula is C11H17N5S. The summed E-state index contributed by atoms with van der Waals surface area (Å²) in [4.78, 5) is 5.75. The van der Waals surface area contributed by atoms with Gasteiger partial charge in [-0.3, -0.25) is 0 Å². The minimum absolute atomic E-state index is 0.247. The van der Waals surface area contributed by atoms with Gasteiger partial charge in [0.2, 0.25) is 0 Å². The van der Waals surface area contributed by atoms with E-state index >= 15 is 0 Å². The van der Waals surface area contributed by atoms with Gasteiger partial charge in [0.1, 0.15) is 17.2 Å². The second-order valence-electron chi connectivity index (χ2n) is 3.98. The van der Waals surface area contributed by atoms with Crippen LogP contribution < -0.4 is 5.32 Å². The second-order valence-corrected chi connectivity index (χ2v) is 5.13. The first-order chi connectivity index (χ1) is 8.20. The fourth-order valence-electron chi connectivity index (χ4n) is 1.49. The molecule has 0 aliphatic heterocycles. The number of hydrogen-bond acceptors (Lipinski definition) is 5. The third-order valence-electron chi connectivity index (χ3n) is 2.66. The molecule has 5 nitrogen and oxygen atoms in total. The van der Waals surface area contributed by atoms with Crippen LogP contribution in [0.1, 0.15) is 35.6 Å². The Morgan fingerprint density at radius 2 is 2.35 bits per heavy atom. The molecule has 6 heteroatoms. The summed E-state index contributed by atoms with van der Waals surface area (Å²) >= 11 is 1.77. The highest BCUT2D eigenvalue weighted by Gasteiger charge is 2.10. The Morgan fingerprint density at radius 3 is 2.94 bits per heavy atom. The molecule has 17 heavy (non-hydrogen) atoms. The smallest absolute Gasteiger partial charge is 0.146 e. The largest absolute Gasteiger partial charge is 0.320 e. The number of nitrogens with one attached hydrogen (secondary N) is 1. The van der Waals surface area contributed by atoms with Gasteiger partial charge in [-0.05, 0) is 13.3 Å². The first-order valence-corrected chi connectivity index (χ1v) is 6.53. The Morgan fingerprint density at radius 1 is 1.53 bits per heavy atom. The molecule has 0 saturated heterocycles. The highest BCUT2D eigenvalue weighted by molar-refractivity contribution is 7.11. The topological polar surface area (TPSA) is 55.6 Å². The summed E-state index contributed by atoms with van der Waals surface area (Å²) in [5.74, 6) is 0.934. The van der Waals surface area contributed by atoms with Crippen molar-refractivity contribution in [1.82, 2.24) is 25.1 Å². The molecule has 1 N–H and O–H groups in total. The average Bonchev–Trinajstić information content (AvgIpc) is 2.94. The summed E-state index contributed by atoms with van der Waals surface area (Å²) in [6.45, 7) is 4.97. The Balaban J connectivity index is 1.93. The van der Waals surface area contributed by atoms with Crippen molar-refractivity contribution in [1.29, 1.82) is 0 Å². The van der Waals surface area contributed by atoms with E-state index in [2.05, 4.69) is 34.3 Å². The molecule has 0 saturated carbocycles. The molecule has 1 atom stereocenters. The van der Waals surface area contributed by atoms with Crippen LogP contribution in [-0.2, 0) is 20.0 Å². The molecule has 2 aromatic heterocycles. The molecule has 0 aliphatic rings. The van der Waals surface area contributed by atoms with Crippen molar-refractivity contribution >= 4 is 11.3 Å².